The molecule has 2 aromatic rings. The summed E-state index contributed by atoms with van der Waals surface area (Å²) >= 11 is 12.0. The normalized spacial score (nSPS) is 10.5. The van der Waals surface area contributed by atoms with E-state index in [2.05, 4.69) is 15.4 Å². The van der Waals surface area contributed by atoms with Gasteiger partial charge in [0.2, 0.25) is 5.91 Å². The summed E-state index contributed by atoms with van der Waals surface area (Å²) in [5.74, 6) is 0.179. The number of rotatable bonds is 2. The number of carbonyl (C=O) groups excluding carboxylic acids is 1. The van der Waals surface area contributed by atoms with Gasteiger partial charge in [-0.05, 0) is 19.1 Å². The molecule has 0 bridgehead atoms. The molecule has 1 heterocycles. The lowest BCUT2D eigenvalue weighted by atomic mass is 10.2. The quantitative estimate of drug-likeness (QED) is 0.891. The number of aryl methyl sites for hydroxylation is 1. The first-order valence-corrected chi connectivity index (χ1v) is 6.07. The first kappa shape index (κ1) is 13.6. The average molecular weight is 301 g/mol. The van der Waals surface area contributed by atoms with E-state index in [-0.39, 0.29) is 16.0 Å². The first-order chi connectivity index (χ1) is 8.88. The van der Waals surface area contributed by atoms with Gasteiger partial charge in [0, 0.05) is 6.92 Å². The summed E-state index contributed by atoms with van der Waals surface area (Å²) in [4.78, 5) is 25.3. The van der Waals surface area contributed by atoms with Crippen LogP contribution in [0.5, 0.6) is 0 Å². The van der Waals surface area contributed by atoms with Crippen molar-refractivity contribution in [3.63, 3.8) is 0 Å². The van der Waals surface area contributed by atoms with Crippen LogP contribution in [0.25, 0.3) is 5.69 Å². The van der Waals surface area contributed by atoms with E-state index in [1.54, 1.807) is 6.92 Å². The lowest BCUT2D eigenvalue weighted by molar-refractivity contribution is -0.114. The van der Waals surface area contributed by atoms with Gasteiger partial charge in [-0.3, -0.25) is 9.78 Å². The second kappa shape index (κ2) is 5.07. The first-order valence-electron chi connectivity index (χ1n) is 5.31. The molecule has 6 nitrogen and oxygen atoms in total. The third-order valence-electron chi connectivity index (χ3n) is 2.31. The molecule has 8 heteroatoms. The smallest absolute Gasteiger partial charge is 0.325 e. The van der Waals surface area contributed by atoms with Crippen LogP contribution in [0.15, 0.2) is 16.9 Å². The molecule has 0 saturated heterocycles. The van der Waals surface area contributed by atoms with Crippen molar-refractivity contribution in [2.24, 2.45) is 0 Å². The minimum Gasteiger partial charge on any atom is -0.325 e. The standard InChI is InChI=1S/C11H10Cl2N4O2/c1-5-14-11(19)17(16-5)10-4-9(15-6(2)18)7(12)3-8(10)13/h3-4H,1-2H3,(H,15,18)(H,14,16,19). The molecule has 1 amide bonds. The van der Waals surface area contributed by atoms with Gasteiger partial charge in [-0.2, -0.15) is 9.78 Å². The number of amides is 1. The highest BCUT2D eigenvalue weighted by atomic mass is 35.5. The third kappa shape index (κ3) is 2.80. The Hall–Kier alpha value is -1.79. The molecule has 100 valence electrons. The molecule has 0 unspecified atom stereocenters. The molecule has 0 saturated carbocycles. The van der Waals surface area contributed by atoms with Crippen molar-refractivity contribution >= 4 is 34.8 Å². The Morgan fingerprint density at radius 2 is 2.05 bits per heavy atom. The van der Waals surface area contributed by atoms with Gasteiger partial charge < -0.3 is 5.32 Å². The predicted octanol–water partition coefficient (Wildman–Crippen LogP) is 2.13. The molecule has 0 atom stereocenters. The van der Waals surface area contributed by atoms with Gasteiger partial charge in [-0.25, -0.2) is 4.79 Å². The van der Waals surface area contributed by atoms with Crippen LogP contribution in [-0.4, -0.2) is 20.7 Å². The number of anilines is 1. The molecule has 0 spiro atoms. The Morgan fingerprint density at radius 1 is 1.37 bits per heavy atom. The lowest BCUT2D eigenvalue weighted by Gasteiger charge is -2.09. The average Bonchev–Trinajstić information content (AvgIpc) is 2.61. The van der Waals surface area contributed by atoms with Gasteiger partial charge in [0.1, 0.15) is 5.82 Å². The summed E-state index contributed by atoms with van der Waals surface area (Å²) in [5, 5.41) is 7.09. The Kier molecular flexibility index (Phi) is 3.64. The lowest BCUT2D eigenvalue weighted by Crippen LogP contribution is -2.17. The number of benzene rings is 1. The molecule has 2 N–H and O–H groups in total. The van der Waals surface area contributed by atoms with Crippen LogP contribution in [0.3, 0.4) is 0 Å². The van der Waals surface area contributed by atoms with Crippen molar-refractivity contribution in [2.75, 3.05) is 5.32 Å². The van der Waals surface area contributed by atoms with Crippen molar-refractivity contribution in [2.45, 2.75) is 13.8 Å². The van der Waals surface area contributed by atoms with Crippen LogP contribution in [0, 0.1) is 6.92 Å². The summed E-state index contributed by atoms with van der Waals surface area (Å²) in [6.45, 7) is 3.01. The summed E-state index contributed by atoms with van der Waals surface area (Å²) in [7, 11) is 0. The molecular formula is C11H10Cl2N4O2. The number of hydrogen-bond donors (Lipinski definition) is 2. The largest absolute Gasteiger partial charge is 0.348 e. The van der Waals surface area contributed by atoms with Crippen molar-refractivity contribution in [3.05, 3.63) is 38.5 Å². The van der Waals surface area contributed by atoms with E-state index in [0.29, 0.717) is 17.2 Å². The van der Waals surface area contributed by atoms with E-state index >= 15 is 0 Å². The van der Waals surface area contributed by atoms with E-state index in [4.69, 9.17) is 23.2 Å². The highest BCUT2D eigenvalue weighted by molar-refractivity contribution is 6.37. The Labute approximate surface area is 118 Å². The van der Waals surface area contributed by atoms with E-state index in [1.807, 2.05) is 0 Å². The van der Waals surface area contributed by atoms with E-state index in [0.717, 1.165) is 4.68 Å². The van der Waals surface area contributed by atoms with Crippen molar-refractivity contribution in [1.82, 2.24) is 14.8 Å². The molecule has 0 aliphatic carbocycles. The number of aromatic nitrogens is 3. The number of nitrogens with one attached hydrogen (secondary N) is 2. The SMILES string of the molecule is CC(=O)Nc1cc(-n2nc(C)[nH]c2=O)c(Cl)cc1Cl. The summed E-state index contributed by atoms with van der Waals surface area (Å²) < 4.78 is 1.11. The number of halogens is 2. The highest BCUT2D eigenvalue weighted by Crippen LogP contribution is 2.30. The van der Waals surface area contributed by atoms with Gasteiger partial charge in [-0.1, -0.05) is 23.2 Å². The zero-order valence-electron chi connectivity index (χ0n) is 10.1. The van der Waals surface area contributed by atoms with Crippen molar-refractivity contribution < 1.29 is 4.79 Å². The van der Waals surface area contributed by atoms with Crippen LogP contribution < -0.4 is 11.0 Å². The van der Waals surface area contributed by atoms with Crippen LogP contribution >= 0.6 is 23.2 Å². The third-order valence-corrected chi connectivity index (χ3v) is 2.92. The van der Waals surface area contributed by atoms with Gasteiger partial charge in [0.15, 0.2) is 0 Å². The molecular weight excluding hydrogens is 291 g/mol. The predicted molar refractivity (Wildman–Crippen MR) is 73.2 cm³/mol. The van der Waals surface area contributed by atoms with Gasteiger partial charge in [-0.15, -0.1) is 0 Å². The van der Waals surface area contributed by atoms with E-state index in [9.17, 15) is 9.59 Å². The number of hydrogen-bond acceptors (Lipinski definition) is 3. The molecule has 0 aliphatic heterocycles. The fourth-order valence-electron chi connectivity index (χ4n) is 1.58. The molecule has 0 aliphatic rings. The monoisotopic (exact) mass is 300 g/mol. The maximum atomic E-state index is 11.7. The minimum absolute atomic E-state index is 0.257. The fourth-order valence-corrected chi connectivity index (χ4v) is 2.09. The van der Waals surface area contributed by atoms with E-state index < -0.39 is 5.69 Å². The zero-order chi connectivity index (χ0) is 14.2. The maximum Gasteiger partial charge on any atom is 0.348 e. The van der Waals surface area contributed by atoms with Crippen molar-refractivity contribution in [1.29, 1.82) is 0 Å². The van der Waals surface area contributed by atoms with Gasteiger partial charge in [0.05, 0.1) is 21.4 Å². The zero-order valence-corrected chi connectivity index (χ0v) is 11.6. The molecule has 1 aromatic heterocycles. The Balaban J connectivity index is 2.60. The Bertz CT molecular complexity index is 705. The fraction of sp³-hybridized carbons (Fsp3) is 0.182. The molecule has 1 aromatic carbocycles. The maximum absolute atomic E-state index is 11.7. The molecule has 0 radical (unpaired) electrons. The second-order valence-corrected chi connectivity index (χ2v) is 4.71. The van der Waals surface area contributed by atoms with Crippen LogP contribution in [0.4, 0.5) is 5.69 Å². The van der Waals surface area contributed by atoms with Crippen LogP contribution in [-0.2, 0) is 4.79 Å². The minimum atomic E-state index is -0.421. The second-order valence-electron chi connectivity index (χ2n) is 3.89. The van der Waals surface area contributed by atoms with Gasteiger partial charge >= 0.3 is 5.69 Å². The summed E-state index contributed by atoms with van der Waals surface area (Å²) in [5.41, 5.74) is 0.279. The summed E-state index contributed by atoms with van der Waals surface area (Å²) in [6, 6.07) is 2.94. The molecule has 19 heavy (non-hydrogen) atoms. The van der Waals surface area contributed by atoms with E-state index in [1.165, 1.54) is 19.1 Å². The number of carbonyl (C=O) groups is 1. The Morgan fingerprint density at radius 3 is 2.58 bits per heavy atom. The van der Waals surface area contributed by atoms with Crippen molar-refractivity contribution in [3.8, 4) is 5.69 Å². The number of H-pyrrole nitrogens is 1. The van der Waals surface area contributed by atoms with Crippen LogP contribution in [0.1, 0.15) is 12.7 Å². The molecule has 2 rings (SSSR count). The highest BCUT2D eigenvalue weighted by Gasteiger charge is 2.13. The summed E-state index contributed by atoms with van der Waals surface area (Å²) in [6.07, 6.45) is 0. The number of nitrogens with zero attached hydrogens (tertiary/aromatic N) is 2. The number of aromatic amines is 1. The topological polar surface area (TPSA) is 79.8 Å². The van der Waals surface area contributed by atoms with Crippen LogP contribution in [0.2, 0.25) is 10.0 Å². The van der Waals surface area contributed by atoms with Gasteiger partial charge in [0.25, 0.3) is 0 Å². The molecule has 0 fully saturated rings.